The first-order chi connectivity index (χ1) is 30.8. The Morgan fingerprint density at radius 1 is 0.594 bits per heavy atom. The molecule has 2 N–H and O–H groups in total. The quantitative estimate of drug-likeness (QED) is 0.0496. The van der Waals surface area contributed by atoms with Crippen molar-refractivity contribution in [3.63, 3.8) is 0 Å². The average molecular weight is 955 g/mol. The highest BCUT2D eigenvalue weighted by molar-refractivity contribution is 6.35. The largest absolute Gasteiger partial charge is 0.481 e. The molecule has 0 saturated heterocycles. The van der Waals surface area contributed by atoms with Crippen LogP contribution in [0.25, 0.3) is 0 Å². The fraction of sp³-hybridized carbons (Fsp3) is 0.692. The molecule has 0 heterocycles. The first-order valence-electron chi connectivity index (χ1n) is 24.5. The maximum absolute atomic E-state index is 13.0. The van der Waals surface area contributed by atoms with Gasteiger partial charge < -0.3 is 24.4 Å². The second-order valence-corrected chi connectivity index (χ2v) is 19.1. The summed E-state index contributed by atoms with van der Waals surface area (Å²) in [6.45, 7) is 5.68. The van der Waals surface area contributed by atoms with Gasteiger partial charge >= 0.3 is 23.9 Å². The summed E-state index contributed by atoms with van der Waals surface area (Å²) in [6, 6.07) is 10.9. The summed E-state index contributed by atoms with van der Waals surface area (Å²) in [5, 5.41) is 21.3. The van der Waals surface area contributed by atoms with E-state index in [2.05, 4.69) is 13.8 Å². The van der Waals surface area contributed by atoms with Gasteiger partial charge in [-0.2, -0.15) is 0 Å². The van der Waals surface area contributed by atoms with Gasteiger partial charge in [-0.1, -0.05) is 197 Å². The van der Waals surface area contributed by atoms with Gasteiger partial charge in [0.25, 0.3) is 0 Å². The summed E-state index contributed by atoms with van der Waals surface area (Å²) in [4.78, 5) is 49.7. The Morgan fingerprint density at radius 2 is 1.08 bits per heavy atom. The van der Waals surface area contributed by atoms with Crippen molar-refractivity contribution < 1.29 is 43.6 Å². The molecule has 0 spiro atoms. The zero-order valence-corrected chi connectivity index (χ0v) is 41.5. The molecule has 0 fully saturated rings. The number of unbranched alkanes of at least 4 members (excludes halogenated alkanes) is 19. The smallest absolute Gasteiger partial charge is 0.348 e. The van der Waals surface area contributed by atoms with E-state index >= 15 is 0 Å². The van der Waals surface area contributed by atoms with Gasteiger partial charge in [-0.3, -0.25) is 14.4 Å². The molecule has 0 radical (unpaired) electrons. The van der Waals surface area contributed by atoms with Gasteiger partial charge in [-0.05, 0) is 67.1 Å². The maximum Gasteiger partial charge on any atom is 0.348 e. The Labute approximate surface area is 400 Å². The van der Waals surface area contributed by atoms with E-state index in [1.807, 2.05) is 18.2 Å². The third-order valence-corrected chi connectivity index (χ3v) is 13.0. The number of benzene rings is 2. The van der Waals surface area contributed by atoms with Crippen LogP contribution in [-0.4, -0.2) is 46.3 Å². The van der Waals surface area contributed by atoms with Crippen LogP contribution in [0, 0.1) is 11.8 Å². The summed E-state index contributed by atoms with van der Waals surface area (Å²) < 4.78 is 17.3. The standard InChI is InChI=1S/C52H79Cl3O9/c1-4-6-8-9-10-11-12-13-14-15-18-21-24-28-49(58)62-39-40(3)52(51(60)61,35-34-48(56)57)64-50(59)29-25-22-19-16-17-20-23-27-41(26-7-5-2)36-42-37-43(53)30-32-46(42)63-47-33-31-44(54)38-45(47)55/h30-33,37-38,40-41H,4-29,34-36,39H2,1-3H3,(H,56,57)(H,60,61). The van der Waals surface area contributed by atoms with Gasteiger partial charge in [0.15, 0.2) is 0 Å². The molecular weight excluding hydrogens is 875 g/mol. The molecule has 2 aromatic carbocycles. The highest BCUT2D eigenvalue weighted by Crippen LogP contribution is 2.36. The highest BCUT2D eigenvalue weighted by atomic mass is 35.5. The van der Waals surface area contributed by atoms with Crippen LogP contribution >= 0.6 is 34.8 Å². The van der Waals surface area contributed by atoms with Gasteiger partial charge in [0.1, 0.15) is 11.5 Å². The molecule has 0 aliphatic carbocycles. The number of rotatable bonds is 39. The van der Waals surface area contributed by atoms with E-state index in [-0.39, 0.29) is 19.4 Å². The van der Waals surface area contributed by atoms with Crippen molar-refractivity contribution in [2.75, 3.05) is 6.61 Å². The van der Waals surface area contributed by atoms with Crippen LogP contribution in [0.3, 0.4) is 0 Å². The maximum atomic E-state index is 13.0. The van der Waals surface area contributed by atoms with E-state index in [0.29, 0.717) is 39.6 Å². The molecule has 0 aromatic heterocycles. The van der Waals surface area contributed by atoms with Crippen LogP contribution in [0.1, 0.15) is 206 Å². The summed E-state index contributed by atoms with van der Waals surface area (Å²) >= 11 is 18.9. The average Bonchev–Trinajstić information content (AvgIpc) is 3.25. The molecule has 362 valence electrons. The van der Waals surface area contributed by atoms with Crippen molar-refractivity contribution in [3.05, 3.63) is 57.0 Å². The number of esters is 2. The number of carboxylic acid groups (broad SMARTS) is 2. The summed E-state index contributed by atoms with van der Waals surface area (Å²) in [7, 11) is 0. The number of carbonyl (C=O) groups excluding carboxylic acids is 2. The number of aliphatic carboxylic acids is 2. The number of ether oxygens (including phenoxy) is 3. The minimum Gasteiger partial charge on any atom is -0.481 e. The minimum atomic E-state index is -2.12. The molecule has 2 rings (SSSR count). The van der Waals surface area contributed by atoms with E-state index in [0.717, 1.165) is 101 Å². The van der Waals surface area contributed by atoms with E-state index in [9.17, 15) is 29.4 Å². The third kappa shape index (κ3) is 24.5. The zero-order chi connectivity index (χ0) is 47.0. The zero-order valence-electron chi connectivity index (χ0n) is 39.2. The Hall–Kier alpha value is -3.01. The van der Waals surface area contributed by atoms with E-state index < -0.39 is 48.2 Å². The van der Waals surface area contributed by atoms with Crippen molar-refractivity contribution in [1.82, 2.24) is 0 Å². The Morgan fingerprint density at radius 3 is 1.61 bits per heavy atom. The fourth-order valence-electron chi connectivity index (χ4n) is 8.24. The molecule has 0 saturated carbocycles. The van der Waals surface area contributed by atoms with Crippen LogP contribution in [0.2, 0.25) is 15.1 Å². The summed E-state index contributed by atoms with van der Waals surface area (Å²) in [5.41, 5.74) is -1.07. The van der Waals surface area contributed by atoms with Crippen molar-refractivity contribution in [1.29, 1.82) is 0 Å². The first kappa shape index (κ1) is 57.1. The molecule has 64 heavy (non-hydrogen) atoms. The molecule has 12 heteroatoms. The van der Waals surface area contributed by atoms with Crippen molar-refractivity contribution in [2.24, 2.45) is 11.8 Å². The second kappa shape index (κ2) is 34.3. The molecule has 0 amide bonds. The highest BCUT2D eigenvalue weighted by Gasteiger charge is 2.48. The second-order valence-electron chi connectivity index (χ2n) is 17.8. The van der Waals surface area contributed by atoms with Gasteiger partial charge in [-0.15, -0.1) is 0 Å². The lowest BCUT2D eigenvalue weighted by Gasteiger charge is -2.34. The van der Waals surface area contributed by atoms with Gasteiger partial charge in [0.2, 0.25) is 5.60 Å². The van der Waals surface area contributed by atoms with Gasteiger partial charge in [-0.25, -0.2) is 4.79 Å². The summed E-state index contributed by atoms with van der Waals surface area (Å²) in [5.74, 6) is -2.97. The Bertz CT molecular complexity index is 1640. The van der Waals surface area contributed by atoms with Gasteiger partial charge in [0, 0.05) is 41.6 Å². The van der Waals surface area contributed by atoms with Crippen LogP contribution in [0.4, 0.5) is 0 Å². The van der Waals surface area contributed by atoms with Crippen LogP contribution < -0.4 is 4.74 Å². The lowest BCUT2D eigenvalue weighted by Crippen LogP contribution is -2.51. The number of hydrogen-bond donors (Lipinski definition) is 2. The molecular formula is C52H79Cl3O9. The molecule has 9 nitrogen and oxygen atoms in total. The third-order valence-electron chi connectivity index (χ3n) is 12.2. The van der Waals surface area contributed by atoms with Crippen LogP contribution in [-0.2, 0) is 35.1 Å². The van der Waals surface area contributed by atoms with Gasteiger partial charge in [0.05, 0.1) is 11.6 Å². The molecule has 0 aliphatic rings. The molecule has 3 atom stereocenters. The van der Waals surface area contributed by atoms with Crippen molar-refractivity contribution in [3.8, 4) is 11.5 Å². The normalized spacial score (nSPS) is 13.2. The molecule has 0 bridgehead atoms. The van der Waals surface area contributed by atoms with Crippen LogP contribution in [0.15, 0.2) is 36.4 Å². The lowest BCUT2D eigenvalue weighted by atomic mass is 9.84. The SMILES string of the molecule is CCCCCCCCCCCCCCCC(=O)OCC(C)C(CCC(=O)O)(OC(=O)CCCCCCCCCC(CCCC)Cc1cc(Cl)ccc1Oc1ccc(Cl)cc1Cl)C(=O)O. The van der Waals surface area contributed by atoms with Crippen molar-refractivity contribution >= 4 is 58.7 Å². The van der Waals surface area contributed by atoms with Crippen LogP contribution in [0.5, 0.6) is 11.5 Å². The number of carbonyl (C=O) groups is 4. The topological polar surface area (TPSA) is 136 Å². The first-order valence-corrected chi connectivity index (χ1v) is 25.7. The van der Waals surface area contributed by atoms with E-state index in [1.54, 1.807) is 18.2 Å². The number of carboxylic acids is 2. The fourth-order valence-corrected chi connectivity index (χ4v) is 8.88. The number of halogens is 3. The molecule has 3 unspecified atom stereocenters. The van der Waals surface area contributed by atoms with Crippen molar-refractivity contribution in [2.45, 2.75) is 213 Å². The van der Waals surface area contributed by atoms with E-state index in [1.165, 1.54) is 64.7 Å². The minimum absolute atomic E-state index is 0.0200. The molecule has 2 aromatic rings. The molecule has 0 aliphatic heterocycles. The predicted octanol–water partition coefficient (Wildman–Crippen LogP) is 16.2. The van der Waals surface area contributed by atoms with E-state index in [4.69, 9.17) is 49.0 Å². The summed E-state index contributed by atoms with van der Waals surface area (Å²) in [6.07, 6.45) is 26.6. The number of hydrogen-bond acceptors (Lipinski definition) is 7. The Kier molecular flexibility index (Phi) is 30.6. The monoisotopic (exact) mass is 952 g/mol. The predicted molar refractivity (Wildman–Crippen MR) is 260 cm³/mol. The Balaban J connectivity index is 1.74. The lowest BCUT2D eigenvalue weighted by molar-refractivity contribution is -0.191.